The van der Waals surface area contributed by atoms with E-state index in [-0.39, 0.29) is 6.09 Å². The van der Waals surface area contributed by atoms with Crippen molar-refractivity contribution in [3.8, 4) is 0 Å². The maximum absolute atomic E-state index is 11.2. The Bertz CT molecular complexity index is 206. The second-order valence-corrected chi connectivity index (χ2v) is 4.12. The average Bonchev–Trinajstić information content (AvgIpc) is 2.59. The molecule has 1 unspecified atom stereocenters. The first-order valence-corrected chi connectivity index (χ1v) is 4.72. The Hall–Kier alpha value is -0.770. The van der Waals surface area contributed by atoms with Crippen LogP contribution in [0, 0.1) is 11.8 Å². The summed E-state index contributed by atoms with van der Waals surface area (Å²) in [6.45, 7) is 4.00. The lowest BCUT2D eigenvalue weighted by molar-refractivity contribution is 0.128. The van der Waals surface area contributed by atoms with E-state index in [1.165, 1.54) is 7.11 Å². The van der Waals surface area contributed by atoms with E-state index in [9.17, 15) is 4.79 Å². The van der Waals surface area contributed by atoms with Gasteiger partial charge in [0.15, 0.2) is 0 Å². The molecule has 0 aromatic carbocycles. The lowest BCUT2D eigenvalue weighted by Gasteiger charge is -2.17. The minimum absolute atomic E-state index is 0.169. The molecule has 2 atom stereocenters. The fourth-order valence-corrected chi connectivity index (χ4v) is 2.51. The fourth-order valence-electron chi connectivity index (χ4n) is 2.51. The molecule has 1 amide bonds. The molecule has 0 aliphatic carbocycles. The first kappa shape index (κ1) is 8.81. The standard InChI is InChI=1S/C9H16N2O2/c1-10-3-7-5-11(9(12)13-2)6-8(7)4-10/h7-8H,3-6H2,1-2H3/t7-,8?/m1/s1. The van der Waals surface area contributed by atoms with Crippen molar-refractivity contribution < 1.29 is 9.53 Å². The third kappa shape index (κ3) is 1.50. The number of amides is 1. The van der Waals surface area contributed by atoms with E-state index < -0.39 is 0 Å². The Labute approximate surface area is 78.4 Å². The first-order valence-electron chi connectivity index (χ1n) is 4.72. The monoisotopic (exact) mass is 184 g/mol. The van der Waals surface area contributed by atoms with Crippen molar-refractivity contribution in [3.05, 3.63) is 0 Å². The number of carbonyl (C=O) groups is 1. The Morgan fingerprint density at radius 1 is 1.23 bits per heavy atom. The molecule has 0 spiro atoms. The summed E-state index contributed by atoms with van der Waals surface area (Å²) in [6, 6.07) is 0. The number of methoxy groups -OCH3 is 1. The zero-order chi connectivity index (χ0) is 9.42. The van der Waals surface area contributed by atoms with E-state index in [0.717, 1.165) is 26.2 Å². The highest BCUT2D eigenvalue weighted by molar-refractivity contribution is 5.67. The van der Waals surface area contributed by atoms with Crippen LogP contribution in [0.2, 0.25) is 0 Å². The van der Waals surface area contributed by atoms with Gasteiger partial charge in [-0.25, -0.2) is 4.79 Å². The van der Waals surface area contributed by atoms with Gasteiger partial charge in [-0.1, -0.05) is 0 Å². The number of carbonyl (C=O) groups excluding carboxylic acids is 1. The molecule has 0 N–H and O–H groups in total. The van der Waals surface area contributed by atoms with Crippen LogP contribution in [0.25, 0.3) is 0 Å². The number of hydrogen-bond donors (Lipinski definition) is 0. The van der Waals surface area contributed by atoms with Crippen LogP contribution >= 0.6 is 0 Å². The molecule has 74 valence electrons. The van der Waals surface area contributed by atoms with Crippen molar-refractivity contribution >= 4 is 6.09 Å². The predicted octanol–water partition coefficient (Wildman–Crippen LogP) is 0.246. The van der Waals surface area contributed by atoms with E-state index in [0.29, 0.717) is 11.8 Å². The lowest BCUT2D eigenvalue weighted by atomic mass is 10.0. The molecule has 2 rings (SSSR count). The zero-order valence-electron chi connectivity index (χ0n) is 8.19. The summed E-state index contributed by atoms with van der Waals surface area (Å²) < 4.78 is 4.70. The van der Waals surface area contributed by atoms with E-state index >= 15 is 0 Å². The summed E-state index contributed by atoms with van der Waals surface area (Å²) in [7, 11) is 3.59. The Morgan fingerprint density at radius 2 is 1.77 bits per heavy atom. The van der Waals surface area contributed by atoms with Gasteiger partial charge < -0.3 is 14.5 Å². The van der Waals surface area contributed by atoms with Crippen molar-refractivity contribution in [2.75, 3.05) is 40.3 Å². The zero-order valence-corrected chi connectivity index (χ0v) is 8.19. The van der Waals surface area contributed by atoms with E-state index in [2.05, 4.69) is 11.9 Å². The molecule has 0 saturated carbocycles. The van der Waals surface area contributed by atoms with Crippen molar-refractivity contribution in [1.29, 1.82) is 0 Å². The van der Waals surface area contributed by atoms with Crippen LogP contribution in [-0.4, -0.2) is 56.2 Å². The third-order valence-corrected chi connectivity index (χ3v) is 3.10. The van der Waals surface area contributed by atoms with E-state index in [1.54, 1.807) is 0 Å². The van der Waals surface area contributed by atoms with E-state index in [1.807, 2.05) is 4.90 Å². The van der Waals surface area contributed by atoms with Gasteiger partial charge in [-0.3, -0.25) is 0 Å². The molecular formula is C9H16N2O2. The molecule has 2 fully saturated rings. The molecule has 13 heavy (non-hydrogen) atoms. The van der Waals surface area contributed by atoms with Gasteiger partial charge in [0.2, 0.25) is 0 Å². The molecule has 2 aliphatic heterocycles. The van der Waals surface area contributed by atoms with Crippen LogP contribution in [-0.2, 0) is 4.74 Å². The van der Waals surface area contributed by atoms with Crippen molar-refractivity contribution in [2.45, 2.75) is 0 Å². The number of likely N-dealkylation sites (tertiary alicyclic amines) is 2. The molecule has 0 aromatic heterocycles. The second kappa shape index (κ2) is 3.18. The minimum atomic E-state index is -0.169. The molecule has 4 heteroatoms. The quantitative estimate of drug-likeness (QED) is 0.541. The Morgan fingerprint density at radius 3 is 2.23 bits per heavy atom. The predicted molar refractivity (Wildman–Crippen MR) is 48.5 cm³/mol. The summed E-state index contributed by atoms with van der Waals surface area (Å²) in [5.74, 6) is 1.34. The molecule has 4 nitrogen and oxygen atoms in total. The topological polar surface area (TPSA) is 32.8 Å². The van der Waals surface area contributed by atoms with Gasteiger partial charge in [0.1, 0.15) is 0 Å². The van der Waals surface area contributed by atoms with Crippen LogP contribution in [0.5, 0.6) is 0 Å². The lowest BCUT2D eigenvalue weighted by Crippen LogP contribution is -2.32. The normalized spacial score (nSPS) is 33.5. The average molecular weight is 184 g/mol. The number of nitrogens with zero attached hydrogens (tertiary/aromatic N) is 2. The van der Waals surface area contributed by atoms with Gasteiger partial charge >= 0.3 is 6.09 Å². The molecule has 2 saturated heterocycles. The summed E-state index contributed by atoms with van der Waals surface area (Å²) in [4.78, 5) is 15.4. The number of rotatable bonds is 0. The molecule has 2 aliphatic rings. The molecule has 0 aromatic rings. The van der Waals surface area contributed by atoms with Crippen molar-refractivity contribution in [1.82, 2.24) is 9.80 Å². The van der Waals surface area contributed by atoms with Crippen LogP contribution in [0.3, 0.4) is 0 Å². The van der Waals surface area contributed by atoms with Crippen molar-refractivity contribution in [2.24, 2.45) is 11.8 Å². The Balaban J connectivity index is 1.93. The maximum atomic E-state index is 11.2. The number of hydrogen-bond acceptors (Lipinski definition) is 3. The van der Waals surface area contributed by atoms with E-state index in [4.69, 9.17) is 4.74 Å². The van der Waals surface area contributed by atoms with Crippen LogP contribution in [0.15, 0.2) is 0 Å². The first-order chi connectivity index (χ1) is 6.20. The van der Waals surface area contributed by atoms with Gasteiger partial charge in [-0.15, -0.1) is 0 Å². The summed E-state index contributed by atoms with van der Waals surface area (Å²) in [5.41, 5.74) is 0. The SMILES string of the molecule is COC(=O)N1CC2CN(C)C[C@@H]2C1. The van der Waals surface area contributed by atoms with Crippen LogP contribution in [0.4, 0.5) is 4.79 Å². The van der Waals surface area contributed by atoms with Crippen molar-refractivity contribution in [3.63, 3.8) is 0 Å². The summed E-state index contributed by atoms with van der Waals surface area (Å²) >= 11 is 0. The number of ether oxygens (including phenoxy) is 1. The van der Waals surface area contributed by atoms with Gasteiger partial charge in [0.25, 0.3) is 0 Å². The number of fused-ring (bicyclic) bond motifs is 1. The van der Waals surface area contributed by atoms with Gasteiger partial charge in [-0.2, -0.15) is 0 Å². The summed E-state index contributed by atoms with van der Waals surface area (Å²) in [5, 5.41) is 0. The van der Waals surface area contributed by atoms with Gasteiger partial charge in [0, 0.05) is 26.2 Å². The highest BCUT2D eigenvalue weighted by atomic mass is 16.5. The molecule has 2 heterocycles. The van der Waals surface area contributed by atoms with Gasteiger partial charge in [-0.05, 0) is 18.9 Å². The van der Waals surface area contributed by atoms with Crippen LogP contribution in [0.1, 0.15) is 0 Å². The minimum Gasteiger partial charge on any atom is -0.453 e. The second-order valence-electron chi connectivity index (χ2n) is 4.12. The third-order valence-electron chi connectivity index (χ3n) is 3.10. The maximum Gasteiger partial charge on any atom is 0.409 e. The Kier molecular flexibility index (Phi) is 2.15. The molecule has 0 bridgehead atoms. The molecular weight excluding hydrogens is 168 g/mol. The highest BCUT2D eigenvalue weighted by Crippen LogP contribution is 2.30. The fraction of sp³-hybridized carbons (Fsp3) is 0.889. The molecule has 0 radical (unpaired) electrons. The highest BCUT2D eigenvalue weighted by Gasteiger charge is 2.40. The van der Waals surface area contributed by atoms with Crippen LogP contribution < -0.4 is 0 Å². The largest absolute Gasteiger partial charge is 0.453 e. The smallest absolute Gasteiger partial charge is 0.409 e. The summed E-state index contributed by atoms with van der Waals surface area (Å²) in [6.07, 6.45) is -0.169. The van der Waals surface area contributed by atoms with Gasteiger partial charge in [0.05, 0.1) is 7.11 Å².